The largest absolute Gasteiger partial charge is 0.467 e. The third kappa shape index (κ3) is 7.20. The van der Waals surface area contributed by atoms with Crippen molar-refractivity contribution in [3.63, 3.8) is 0 Å². The molecule has 2 aliphatic heterocycles. The molecular formula is C28H38N4O6. The van der Waals surface area contributed by atoms with Crippen LogP contribution in [-0.2, 0) is 22.6 Å². The minimum absolute atomic E-state index is 0.00580. The number of hydrogen-bond acceptors (Lipinski definition) is 7. The highest BCUT2D eigenvalue weighted by Crippen LogP contribution is 2.33. The highest BCUT2D eigenvalue weighted by molar-refractivity contribution is 5.84. The lowest BCUT2D eigenvalue weighted by Gasteiger charge is -2.32. The average molecular weight is 527 g/mol. The van der Waals surface area contributed by atoms with Gasteiger partial charge < -0.3 is 33.7 Å². The first kappa shape index (κ1) is 26.4. The highest BCUT2D eigenvalue weighted by Gasteiger charge is 2.26. The summed E-state index contributed by atoms with van der Waals surface area (Å²) in [5.74, 6) is 1.92. The maximum atomic E-state index is 13.7. The van der Waals surface area contributed by atoms with Gasteiger partial charge in [-0.05, 0) is 42.7 Å². The Morgan fingerprint density at radius 2 is 1.79 bits per heavy atom. The molecular weight excluding hydrogens is 488 g/mol. The second kappa shape index (κ2) is 13.0. The van der Waals surface area contributed by atoms with E-state index in [0.29, 0.717) is 56.7 Å². The number of nitrogens with zero attached hydrogens (tertiary/aromatic N) is 3. The molecule has 1 saturated carbocycles. The van der Waals surface area contributed by atoms with E-state index in [9.17, 15) is 9.59 Å². The average Bonchev–Trinajstić information content (AvgIpc) is 3.63. The monoisotopic (exact) mass is 526 g/mol. The van der Waals surface area contributed by atoms with Crippen LogP contribution < -0.4 is 14.8 Å². The van der Waals surface area contributed by atoms with Gasteiger partial charge in [0.05, 0.1) is 26.0 Å². The lowest BCUT2D eigenvalue weighted by atomic mass is 9.96. The molecule has 1 N–H and O–H groups in total. The number of benzene rings is 1. The molecule has 0 bridgehead atoms. The van der Waals surface area contributed by atoms with Crippen LogP contribution in [0.4, 0.5) is 4.79 Å². The maximum absolute atomic E-state index is 13.7. The standard InChI is InChI=1S/C28H38N4O6/c33-27(32(19-24-7-4-14-36-24)18-22-8-9-25-26(17-22)38-21-37-25)20-31(11-10-30-12-15-35-16-13-30)28(34)29-23-5-2-1-3-6-23/h4,7-9,14,17,23H,1-3,5-6,10-13,15-16,18-21H2,(H,29,34). The number of furan rings is 1. The quantitative estimate of drug-likeness (QED) is 0.508. The summed E-state index contributed by atoms with van der Waals surface area (Å²) in [6.07, 6.45) is 7.06. The van der Waals surface area contributed by atoms with Gasteiger partial charge in [-0.15, -0.1) is 0 Å². The van der Waals surface area contributed by atoms with Crippen molar-refractivity contribution in [1.82, 2.24) is 20.0 Å². The molecule has 1 aromatic heterocycles. The van der Waals surface area contributed by atoms with E-state index in [0.717, 1.165) is 44.3 Å². The van der Waals surface area contributed by atoms with Crippen molar-refractivity contribution < 1.29 is 28.2 Å². The molecule has 1 aliphatic carbocycles. The third-order valence-electron chi connectivity index (χ3n) is 7.43. The number of morpholine rings is 1. The Morgan fingerprint density at radius 3 is 2.58 bits per heavy atom. The fourth-order valence-corrected chi connectivity index (χ4v) is 5.20. The molecule has 10 nitrogen and oxygen atoms in total. The molecule has 0 atom stereocenters. The summed E-state index contributed by atoms with van der Waals surface area (Å²) in [6.45, 7) is 5.09. The number of hydrogen-bond donors (Lipinski definition) is 1. The van der Waals surface area contributed by atoms with Gasteiger partial charge in [0.15, 0.2) is 11.5 Å². The van der Waals surface area contributed by atoms with Crippen LogP contribution in [0, 0.1) is 0 Å². The number of amides is 3. The topological polar surface area (TPSA) is 96.7 Å². The number of fused-ring (bicyclic) bond motifs is 1. The Kier molecular flexibility index (Phi) is 9.03. The van der Waals surface area contributed by atoms with Crippen molar-refractivity contribution in [3.05, 3.63) is 47.9 Å². The molecule has 1 saturated heterocycles. The highest BCUT2D eigenvalue weighted by atomic mass is 16.7. The number of carbonyl (C=O) groups excluding carboxylic acids is 2. The molecule has 2 fully saturated rings. The summed E-state index contributed by atoms with van der Waals surface area (Å²) in [7, 11) is 0. The minimum Gasteiger partial charge on any atom is -0.467 e. The van der Waals surface area contributed by atoms with Gasteiger partial charge in [0.1, 0.15) is 12.3 Å². The molecule has 1 aromatic carbocycles. The van der Waals surface area contributed by atoms with E-state index in [2.05, 4.69) is 10.2 Å². The number of urea groups is 1. The van der Waals surface area contributed by atoms with Crippen LogP contribution in [0.15, 0.2) is 41.0 Å². The van der Waals surface area contributed by atoms with Crippen molar-refractivity contribution in [2.45, 2.75) is 51.2 Å². The zero-order chi connectivity index (χ0) is 26.2. The Morgan fingerprint density at radius 1 is 0.974 bits per heavy atom. The molecule has 10 heteroatoms. The van der Waals surface area contributed by atoms with Gasteiger partial charge >= 0.3 is 6.03 Å². The van der Waals surface area contributed by atoms with Crippen LogP contribution >= 0.6 is 0 Å². The van der Waals surface area contributed by atoms with E-state index < -0.39 is 0 Å². The van der Waals surface area contributed by atoms with Crippen LogP contribution in [-0.4, -0.2) is 85.4 Å². The van der Waals surface area contributed by atoms with Crippen LogP contribution in [0.25, 0.3) is 0 Å². The lowest BCUT2D eigenvalue weighted by molar-refractivity contribution is -0.133. The molecule has 206 valence electrons. The third-order valence-corrected chi connectivity index (χ3v) is 7.43. The predicted octanol–water partition coefficient (Wildman–Crippen LogP) is 3.21. The number of carbonyl (C=O) groups is 2. The van der Waals surface area contributed by atoms with Crippen molar-refractivity contribution in [2.75, 3.05) is 52.7 Å². The van der Waals surface area contributed by atoms with Gasteiger partial charge in [-0.1, -0.05) is 25.3 Å². The molecule has 3 amide bonds. The van der Waals surface area contributed by atoms with Gasteiger partial charge in [-0.3, -0.25) is 9.69 Å². The van der Waals surface area contributed by atoms with E-state index in [4.69, 9.17) is 18.6 Å². The van der Waals surface area contributed by atoms with Gasteiger partial charge in [-0.25, -0.2) is 4.79 Å². The van der Waals surface area contributed by atoms with E-state index in [1.807, 2.05) is 30.3 Å². The normalized spacial score (nSPS) is 17.8. The minimum atomic E-state index is -0.167. The van der Waals surface area contributed by atoms with Gasteiger partial charge in [0.25, 0.3) is 0 Å². The first-order chi connectivity index (χ1) is 18.6. The second-order valence-electron chi connectivity index (χ2n) is 10.2. The molecule has 0 unspecified atom stereocenters. The SMILES string of the molecule is O=C(CN(CCN1CCOCC1)C(=O)NC1CCCCC1)N(Cc1ccc2c(c1)OCO2)Cc1ccco1. The van der Waals surface area contributed by atoms with E-state index in [1.165, 1.54) is 6.42 Å². The Hall–Kier alpha value is -3.24. The smallest absolute Gasteiger partial charge is 0.318 e. The van der Waals surface area contributed by atoms with E-state index >= 15 is 0 Å². The lowest BCUT2D eigenvalue weighted by Crippen LogP contribution is -2.52. The molecule has 0 radical (unpaired) electrons. The van der Waals surface area contributed by atoms with Crippen molar-refractivity contribution in [3.8, 4) is 11.5 Å². The molecule has 38 heavy (non-hydrogen) atoms. The van der Waals surface area contributed by atoms with Crippen LogP contribution in [0.5, 0.6) is 11.5 Å². The van der Waals surface area contributed by atoms with Gasteiger partial charge in [0.2, 0.25) is 12.7 Å². The fraction of sp³-hybridized carbons (Fsp3) is 0.571. The fourth-order valence-electron chi connectivity index (χ4n) is 5.20. The summed E-state index contributed by atoms with van der Waals surface area (Å²) >= 11 is 0. The summed E-state index contributed by atoms with van der Waals surface area (Å²) in [5.41, 5.74) is 0.917. The van der Waals surface area contributed by atoms with Crippen molar-refractivity contribution >= 4 is 11.9 Å². The first-order valence-corrected chi connectivity index (χ1v) is 13.7. The summed E-state index contributed by atoms with van der Waals surface area (Å²) in [4.78, 5) is 32.8. The van der Waals surface area contributed by atoms with Crippen LogP contribution in [0.1, 0.15) is 43.4 Å². The maximum Gasteiger partial charge on any atom is 0.318 e. The van der Waals surface area contributed by atoms with E-state index in [-0.39, 0.29) is 31.3 Å². The number of nitrogens with one attached hydrogen (secondary N) is 1. The van der Waals surface area contributed by atoms with Crippen LogP contribution in [0.2, 0.25) is 0 Å². The van der Waals surface area contributed by atoms with E-state index in [1.54, 1.807) is 16.1 Å². The number of ether oxygens (including phenoxy) is 3. The Bertz CT molecular complexity index is 1050. The van der Waals surface area contributed by atoms with Gasteiger partial charge in [-0.2, -0.15) is 0 Å². The summed E-state index contributed by atoms with van der Waals surface area (Å²) in [5, 5.41) is 3.20. The zero-order valence-electron chi connectivity index (χ0n) is 21.9. The molecule has 2 aromatic rings. The Labute approximate surface area is 223 Å². The number of rotatable bonds is 10. The van der Waals surface area contributed by atoms with Crippen LogP contribution in [0.3, 0.4) is 0 Å². The van der Waals surface area contributed by atoms with Crippen molar-refractivity contribution in [1.29, 1.82) is 0 Å². The molecule has 3 heterocycles. The second-order valence-corrected chi connectivity index (χ2v) is 10.2. The van der Waals surface area contributed by atoms with Crippen molar-refractivity contribution in [2.24, 2.45) is 0 Å². The summed E-state index contributed by atoms with van der Waals surface area (Å²) in [6, 6.07) is 9.36. The summed E-state index contributed by atoms with van der Waals surface area (Å²) < 4.78 is 22.0. The molecule has 5 rings (SSSR count). The first-order valence-electron chi connectivity index (χ1n) is 13.7. The van der Waals surface area contributed by atoms with Gasteiger partial charge in [0, 0.05) is 38.8 Å². The predicted molar refractivity (Wildman–Crippen MR) is 140 cm³/mol. The Balaban J connectivity index is 1.28. The molecule has 0 spiro atoms. The molecule has 3 aliphatic rings. The zero-order valence-corrected chi connectivity index (χ0v) is 21.9.